The van der Waals surface area contributed by atoms with Crippen LogP contribution in [-0.4, -0.2) is 55.0 Å². The largest absolute Gasteiger partial charge is 0.493 e. The molecular formula is C23H30O8. The lowest BCUT2D eigenvalue weighted by Gasteiger charge is -2.18. The van der Waals surface area contributed by atoms with Crippen molar-refractivity contribution >= 4 is 5.97 Å². The molecule has 0 amide bonds. The first-order valence-corrected chi connectivity index (χ1v) is 10.00. The minimum absolute atomic E-state index is 0.0161. The van der Waals surface area contributed by atoms with Gasteiger partial charge in [-0.05, 0) is 56.2 Å². The molecule has 0 spiro atoms. The van der Waals surface area contributed by atoms with Gasteiger partial charge in [0.15, 0.2) is 17.6 Å². The molecule has 2 aromatic carbocycles. The van der Waals surface area contributed by atoms with Crippen LogP contribution in [-0.2, 0) is 20.8 Å². The maximum atomic E-state index is 11.7. The van der Waals surface area contributed by atoms with Crippen LogP contribution in [0, 0.1) is 6.92 Å². The molecule has 0 bridgehead atoms. The predicted molar refractivity (Wildman–Crippen MR) is 114 cm³/mol. The molecule has 2 atom stereocenters. The molecule has 0 aliphatic rings. The molecule has 8 nitrogen and oxygen atoms in total. The van der Waals surface area contributed by atoms with Crippen LogP contribution in [0.2, 0.25) is 0 Å². The summed E-state index contributed by atoms with van der Waals surface area (Å²) in [5.74, 6) is 0.797. The molecule has 0 heterocycles. The molecular weight excluding hydrogens is 404 g/mol. The summed E-state index contributed by atoms with van der Waals surface area (Å²) < 4.78 is 22.1. The fourth-order valence-corrected chi connectivity index (χ4v) is 2.87. The minimum Gasteiger partial charge on any atom is -0.493 e. The SMILES string of the molecule is COc1ccc(C)cc1OCC(O)COc1cccc(CC(OC(C)C)C(=O)OO)c1. The predicted octanol–water partition coefficient (Wildman–Crippen LogP) is 3.17. The zero-order valence-corrected chi connectivity index (χ0v) is 18.2. The molecule has 2 N–H and O–H groups in total. The van der Waals surface area contributed by atoms with E-state index in [9.17, 15) is 9.90 Å². The Labute approximate surface area is 182 Å². The first kappa shape index (κ1) is 24.5. The Bertz CT molecular complexity index is 836. The summed E-state index contributed by atoms with van der Waals surface area (Å²) in [5.41, 5.74) is 1.77. The molecule has 8 heteroatoms. The van der Waals surface area contributed by atoms with Gasteiger partial charge in [0.2, 0.25) is 0 Å². The van der Waals surface area contributed by atoms with E-state index >= 15 is 0 Å². The molecule has 2 aromatic rings. The molecule has 0 fully saturated rings. The summed E-state index contributed by atoms with van der Waals surface area (Å²) in [6.07, 6.45) is -1.82. The van der Waals surface area contributed by atoms with Crippen molar-refractivity contribution in [1.82, 2.24) is 0 Å². The fourth-order valence-electron chi connectivity index (χ4n) is 2.87. The average molecular weight is 434 g/mol. The highest BCUT2D eigenvalue weighted by Crippen LogP contribution is 2.28. The van der Waals surface area contributed by atoms with Gasteiger partial charge in [-0.1, -0.05) is 18.2 Å². The van der Waals surface area contributed by atoms with Crippen LogP contribution in [0.4, 0.5) is 0 Å². The van der Waals surface area contributed by atoms with Gasteiger partial charge in [0.1, 0.15) is 25.1 Å². The van der Waals surface area contributed by atoms with E-state index in [1.807, 2.05) is 25.1 Å². The number of carbonyl (C=O) groups is 1. The second kappa shape index (κ2) is 12.1. The van der Waals surface area contributed by atoms with Crippen LogP contribution in [0.5, 0.6) is 17.2 Å². The number of hydrogen-bond donors (Lipinski definition) is 2. The van der Waals surface area contributed by atoms with Crippen molar-refractivity contribution in [2.45, 2.75) is 45.5 Å². The van der Waals surface area contributed by atoms with Crippen molar-refractivity contribution in [1.29, 1.82) is 0 Å². The highest BCUT2D eigenvalue weighted by atomic mass is 17.1. The van der Waals surface area contributed by atoms with E-state index in [1.165, 1.54) is 0 Å². The number of rotatable bonds is 12. The Balaban J connectivity index is 1.91. The Morgan fingerprint density at radius 2 is 1.77 bits per heavy atom. The van der Waals surface area contributed by atoms with Crippen molar-refractivity contribution in [3.05, 3.63) is 53.6 Å². The Morgan fingerprint density at radius 3 is 2.45 bits per heavy atom. The van der Waals surface area contributed by atoms with Crippen LogP contribution in [0.25, 0.3) is 0 Å². The summed E-state index contributed by atoms with van der Waals surface area (Å²) >= 11 is 0. The molecule has 0 aliphatic carbocycles. The lowest BCUT2D eigenvalue weighted by molar-refractivity contribution is -0.246. The van der Waals surface area contributed by atoms with Crippen molar-refractivity contribution in [3.8, 4) is 17.2 Å². The third-order valence-corrected chi connectivity index (χ3v) is 4.30. The number of carbonyl (C=O) groups excluding carboxylic acids is 1. The maximum Gasteiger partial charge on any atom is 0.370 e. The molecule has 0 saturated heterocycles. The van der Waals surface area contributed by atoms with Gasteiger partial charge < -0.3 is 24.1 Å². The van der Waals surface area contributed by atoms with E-state index in [0.717, 1.165) is 11.1 Å². The summed E-state index contributed by atoms with van der Waals surface area (Å²) in [5, 5.41) is 18.9. The van der Waals surface area contributed by atoms with Gasteiger partial charge in [-0.15, -0.1) is 0 Å². The summed E-state index contributed by atoms with van der Waals surface area (Å²) in [4.78, 5) is 15.6. The van der Waals surface area contributed by atoms with Crippen LogP contribution in [0.3, 0.4) is 0 Å². The lowest BCUT2D eigenvalue weighted by Crippen LogP contribution is -2.30. The Kier molecular flexibility index (Phi) is 9.58. The van der Waals surface area contributed by atoms with Crippen molar-refractivity contribution in [2.24, 2.45) is 0 Å². The zero-order valence-electron chi connectivity index (χ0n) is 18.2. The van der Waals surface area contributed by atoms with E-state index in [1.54, 1.807) is 45.2 Å². The quantitative estimate of drug-likeness (QED) is 0.388. The highest BCUT2D eigenvalue weighted by molar-refractivity contribution is 5.74. The smallest absolute Gasteiger partial charge is 0.370 e. The van der Waals surface area contributed by atoms with Crippen LogP contribution >= 0.6 is 0 Å². The number of aryl methyl sites for hydroxylation is 1. The maximum absolute atomic E-state index is 11.7. The monoisotopic (exact) mass is 434 g/mol. The fraction of sp³-hybridized carbons (Fsp3) is 0.435. The average Bonchev–Trinajstić information content (AvgIpc) is 2.75. The Morgan fingerprint density at radius 1 is 1.03 bits per heavy atom. The summed E-state index contributed by atoms with van der Waals surface area (Å²) in [7, 11) is 1.56. The van der Waals surface area contributed by atoms with Gasteiger partial charge in [0.05, 0.1) is 13.2 Å². The summed E-state index contributed by atoms with van der Waals surface area (Å²) in [6, 6.07) is 12.6. The van der Waals surface area contributed by atoms with Crippen LogP contribution in [0.1, 0.15) is 25.0 Å². The summed E-state index contributed by atoms with van der Waals surface area (Å²) in [6.45, 7) is 5.56. The van der Waals surface area contributed by atoms with Gasteiger partial charge in [-0.25, -0.2) is 4.79 Å². The third kappa shape index (κ3) is 8.09. The molecule has 0 aromatic heterocycles. The standard InChI is InChI=1S/C23H30O8/c1-15(2)30-22(23(25)31-26)12-17-6-5-7-19(11-17)28-13-18(24)14-29-21-10-16(3)8-9-20(21)27-4/h5-11,15,18,22,24,26H,12-14H2,1-4H3. The first-order valence-electron chi connectivity index (χ1n) is 10.00. The molecule has 2 rings (SSSR count). The van der Waals surface area contributed by atoms with Crippen LogP contribution in [0.15, 0.2) is 42.5 Å². The highest BCUT2D eigenvalue weighted by Gasteiger charge is 2.23. The number of aliphatic hydroxyl groups is 1. The van der Waals surface area contributed by atoms with E-state index in [-0.39, 0.29) is 25.7 Å². The van der Waals surface area contributed by atoms with E-state index < -0.39 is 18.2 Å². The molecule has 2 unspecified atom stereocenters. The molecule has 0 aliphatic heterocycles. The number of benzene rings is 2. The molecule has 0 saturated carbocycles. The van der Waals surface area contributed by atoms with Gasteiger partial charge in [0, 0.05) is 6.42 Å². The van der Waals surface area contributed by atoms with E-state index in [2.05, 4.69) is 4.89 Å². The molecule has 31 heavy (non-hydrogen) atoms. The third-order valence-electron chi connectivity index (χ3n) is 4.30. The topological polar surface area (TPSA) is 104 Å². The van der Waals surface area contributed by atoms with Gasteiger partial charge in [-0.2, -0.15) is 5.26 Å². The second-order valence-electron chi connectivity index (χ2n) is 7.37. The number of ether oxygens (including phenoxy) is 4. The van der Waals surface area contributed by atoms with Crippen LogP contribution < -0.4 is 14.2 Å². The Hall–Kier alpha value is -2.81. The first-order chi connectivity index (χ1) is 14.8. The van der Waals surface area contributed by atoms with Crippen molar-refractivity contribution in [2.75, 3.05) is 20.3 Å². The van der Waals surface area contributed by atoms with Crippen molar-refractivity contribution < 1.29 is 39.0 Å². The number of hydrogen-bond acceptors (Lipinski definition) is 8. The van der Waals surface area contributed by atoms with Gasteiger partial charge in [-0.3, -0.25) is 4.89 Å². The van der Waals surface area contributed by atoms with E-state index in [4.69, 9.17) is 24.2 Å². The minimum atomic E-state index is -0.941. The lowest BCUT2D eigenvalue weighted by atomic mass is 10.1. The van der Waals surface area contributed by atoms with Gasteiger partial charge in [0.25, 0.3) is 0 Å². The van der Waals surface area contributed by atoms with Crippen molar-refractivity contribution in [3.63, 3.8) is 0 Å². The van der Waals surface area contributed by atoms with E-state index in [0.29, 0.717) is 17.2 Å². The molecule has 0 radical (unpaired) electrons. The second-order valence-corrected chi connectivity index (χ2v) is 7.37. The van der Waals surface area contributed by atoms with Gasteiger partial charge >= 0.3 is 5.97 Å². The number of methoxy groups -OCH3 is 1. The normalized spacial score (nSPS) is 12.9. The zero-order chi connectivity index (χ0) is 22.8. The number of aliphatic hydroxyl groups excluding tert-OH is 1. The molecule has 170 valence electrons.